The summed E-state index contributed by atoms with van der Waals surface area (Å²) in [4.78, 5) is 0. The first-order valence-corrected chi connectivity index (χ1v) is 5.58. The van der Waals surface area contributed by atoms with Gasteiger partial charge in [0.2, 0.25) is 0 Å². The Morgan fingerprint density at radius 1 is 0.778 bits per heavy atom. The minimum absolute atomic E-state index is 0.638. The largest absolute Gasteiger partial charge is 0.496 e. The molecule has 93 valence electrons. The van der Waals surface area contributed by atoms with Crippen molar-refractivity contribution in [3.8, 4) is 28.4 Å². The number of para-hydroxylation sites is 1. The van der Waals surface area contributed by atoms with E-state index in [4.69, 9.17) is 14.2 Å². The molecule has 0 bridgehead atoms. The molecule has 0 spiro atoms. The smallest absolute Gasteiger partial charge is 0.138 e. The van der Waals surface area contributed by atoms with Crippen molar-refractivity contribution >= 4 is 0 Å². The maximum absolute atomic E-state index is 5.36. The SMILES string of the molecule is COc1[c]c(OC)c(-c2ccccc2OC)cc1. The molecule has 0 aliphatic rings. The fraction of sp³-hybridized carbons (Fsp3) is 0.200. The van der Waals surface area contributed by atoms with Crippen molar-refractivity contribution in [1.29, 1.82) is 0 Å². The van der Waals surface area contributed by atoms with Crippen LogP contribution in [0.2, 0.25) is 0 Å². The average molecular weight is 243 g/mol. The van der Waals surface area contributed by atoms with Crippen molar-refractivity contribution in [3.63, 3.8) is 0 Å². The molecule has 18 heavy (non-hydrogen) atoms. The van der Waals surface area contributed by atoms with Crippen LogP contribution in [0.1, 0.15) is 0 Å². The lowest BCUT2D eigenvalue weighted by molar-refractivity contribution is 0.392. The van der Waals surface area contributed by atoms with Crippen LogP contribution >= 0.6 is 0 Å². The summed E-state index contributed by atoms with van der Waals surface area (Å²) >= 11 is 0. The topological polar surface area (TPSA) is 27.7 Å². The first-order valence-electron chi connectivity index (χ1n) is 5.58. The van der Waals surface area contributed by atoms with E-state index in [-0.39, 0.29) is 0 Å². The molecule has 0 N–H and O–H groups in total. The average Bonchev–Trinajstić information content (AvgIpc) is 2.46. The summed E-state index contributed by atoms with van der Waals surface area (Å²) < 4.78 is 15.8. The second-order valence-electron chi connectivity index (χ2n) is 3.67. The van der Waals surface area contributed by atoms with Crippen molar-refractivity contribution in [2.24, 2.45) is 0 Å². The van der Waals surface area contributed by atoms with Crippen LogP contribution in [0, 0.1) is 6.07 Å². The van der Waals surface area contributed by atoms with Gasteiger partial charge < -0.3 is 14.2 Å². The third-order valence-corrected chi connectivity index (χ3v) is 2.70. The number of benzene rings is 2. The maximum atomic E-state index is 5.36. The fourth-order valence-electron chi connectivity index (χ4n) is 1.81. The van der Waals surface area contributed by atoms with Gasteiger partial charge in [0.05, 0.1) is 27.4 Å². The van der Waals surface area contributed by atoms with Crippen LogP contribution in [0.25, 0.3) is 11.1 Å². The molecule has 0 saturated carbocycles. The van der Waals surface area contributed by atoms with E-state index in [0.29, 0.717) is 11.5 Å². The minimum Gasteiger partial charge on any atom is -0.496 e. The van der Waals surface area contributed by atoms with E-state index in [9.17, 15) is 0 Å². The quantitative estimate of drug-likeness (QED) is 0.825. The molecular formula is C15H15O3. The fourth-order valence-corrected chi connectivity index (χ4v) is 1.81. The van der Waals surface area contributed by atoms with E-state index in [1.54, 1.807) is 21.3 Å². The lowest BCUT2D eigenvalue weighted by Gasteiger charge is -2.12. The lowest BCUT2D eigenvalue weighted by atomic mass is 10.0. The van der Waals surface area contributed by atoms with E-state index in [1.807, 2.05) is 36.4 Å². The number of methoxy groups -OCH3 is 3. The standard InChI is InChI=1S/C15H15O3/c1-16-11-8-9-13(15(10-11)18-3)12-6-4-5-7-14(12)17-2/h4-9H,1-3H3. The monoisotopic (exact) mass is 243 g/mol. The van der Waals surface area contributed by atoms with Gasteiger partial charge >= 0.3 is 0 Å². The zero-order valence-electron chi connectivity index (χ0n) is 10.7. The second-order valence-corrected chi connectivity index (χ2v) is 3.67. The molecule has 0 atom stereocenters. The highest BCUT2D eigenvalue weighted by atomic mass is 16.5. The highest BCUT2D eigenvalue weighted by Gasteiger charge is 2.11. The Hall–Kier alpha value is -2.16. The Labute approximate surface area is 107 Å². The zero-order valence-corrected chi connectivity index (χ0v) is 10.7. The molecule has 0 fully saturated rings. The molecule has 2 aromatic carbocycles. The highest BCUT2D eigenvalue weighted by Crippen LogP contribution is 2.37. The molecular weight excluding hydrogens is 228 g/mol. The van der Waals surface area contributed by atoms with Crippen molar-refractivity contribution in [2.75, 3.05) is 21.3 Å². The molecule has 0 saturated heterocycles. The predicted molar refractivity (Wildman–Crippen MR) is 70.4 cm³/mol. The Balaban J connectivity index is 2.56. The van der Waals surface area contributed by atoms with Gasteiger partial charge in [0.1, 0.15) is 17.2 Å². The Bertz CT molecular complexity index is 535. The minimum atomic E-state index is 0.638. The van der Waals surface area contributed by atoms with Gasteiger partial charge in [-0.3, -0.25) is 0 Å². The summed E-state index contributed by atoms with van der Waals surface area (Å²) in [6, 6.07) is 14.6. The van der Waals surface area contributed by atoms with Gasteiger partial charge in [0.25, 0.3) is 0 Å². The molecule has 0 amide bonds. The van der Waals surface area contributed by atoms with Crippen molar-refractivity contribution in [2.45, 2.75) is 0 Å². The first kappa shape index (κ1) is 12.3. The number of rotatable bonds is 4. The van der Waals surface area contributed by atoms with Crippen LogP contribution in [-0.2, 0) is 0 Å². The summed E-state index contributed by atoms with van der Waals surface area (Å²) in [5.41, 5.74) is 1.89. The molecule has 0 aliphatic carbocycles. The number of hydrogen-bond acceptors (Lipinski definition) is 3. The van der Waals surface area contributed by atoms with Gasteiger partial charge in [0.15, 0.2) is 0 Å². The first-order chi connectivity index (χ1) is 8.80. The highest BCUT2D eigenvalue weighted by molar-refractivity contribution is 5.76. The number of ether oxygens (including phenoxy) is 3. The summed E-state index contributed by atoms with van der Waals surface area (Å²) in [6.45, 7) is 0. The van der Waals surface area contributed by atoms with Gasteiger partial charge in [-0.05, 0) is 18.2 Å². The van der Waals surface area contributed by atoms with Crippen LogP contribution < -0.4 is 14.2 Å². The Kier molecular flexibility index (Phi) is 3.72. The molecule has 2 rings (SSSR count). The van der Waals surface area contributed by atoms with Gasteiger partial charge in [-0.2, -0.15) is 0 Å². The maximum Gasteiger partial charge on any atom is 0.138 e. The van der Waals surface area contributed by atoms with E-state index in [1.165, 1.54) is 0 Å². The number of hydrogen-bond donors (Lipinski definition) is 0. The lowest BCUT2D eigenvalue weighted by Crippen LogP contribution is -1.93. The normalized spacial score (nSPS) is 9.94. The predicted octanol–water partition coefficient (Wildman–Crippen LogP) is 3.18. The molecule has 0 aliphatic heterocycles. The van der Waals surface area contributed by atoms with E-state index in [2.05, 4.69) is 6.07 Å². The Morgan fingerprint density at radius 3 is 2.22 bits per heavy atom. The van der Waals surface area contributed by atoms with E-state index < -0.39 is 0 Å². The molecule has 1 radical (unpaired) electrons. The van der Waals surface area contributed by atoms with Crippen LogP contribution in [-0.4, -0.2) is 21.3 Å². The van der Waals surface area contributed by atoms with Crippen LogP contribution in [0.3, 0.4) is 0 Å². The third-order valence-electron chi connectivity index (χ3n) is 2.70. The van der Waals surface area contributed by atoms with E-state index in [0.717, 1.165) is 16.9 Å². The molecule has 3 nitrogen and oxygen atoms in total. The van der Waals surface area contributed by atoms with Crippen molar-refractivity contribution in [1.82, 2.24) is 0 Å². The summed E-state index contributed by atoms with van der Waals surface area (Å²) in [5, 5.41) is 0. The Morgan fingerprint density at radius 2 is 1.56 bits per heavy atom. The summed E-state index contributed by atoms with van der Waals surface area (Å²) in [7, 11) is 4.87. The molecule has 2 aromatic rings. The summed E-state index contributed by atoms with van der Waals surface area (Å²) in [6.07, 6.45) is 0. The van der Waals surface area contributed by atoms with Crippen LogP contribution in [0.4, 0.5) is 0 Å². The molecule has 3 heteroatoms. The van der Waals surface area contributed by atoms with E-state index >= 15 is 0 Å². The van der Waals surface area contributed by atoms with Crippen LogP contribution in [0.15, 0.2) is 36.4 Å². The van der Waals surface area contributed by atoms with Gasteiger partial charge in [0, 0.05) is 11.1 Å². The van der Waals surface area contributed by atoms with Gasteiger partial charge in [-0.15, -0.1) is 0 Å². The van der Waals surface area contributed by atoms with Gasteiger partial charge in [-0.1, -0.05) is 18.2 Å². The third kappa shape index (κ3) is 2.25. The zero-order chi connectivity index (χ0) is 13.0. The van der Waals surface area contributed by atoms with Gasteiger partial charge in [-0.25, -0.2) is 0 Å². The van der Waals surface area contributed by atoms with Crippen molar-refractivity contribution < 1.29 is 14.2 Å². The van der Waals surface area contributed by atoms with Crippen molar-refractivity contribution in [3.05, 3.63) is 42.5 Å². The molecule has 0 aromatic heterocycles. The van der Waals surface area contributed by atoms with Crippen LogP contribution in [0.5, 0.6) is 17.2 Å². The molecule has 0 heterocycles. The molecule has 0 unspecified atom stereocenters. The summed E-state index contributed by atoms with van der Waals surface area (Å²) in [5.74, 6) is 2.08. The second kappa shape index (κ2) is 5.45.